The normalized spacial score (nSPS) is 10.8. The average Bonchev–Trinajstić information content (AvgIpc) is 2.34. The van der Waals surface area contributed by atoms with Crippen LogP contribution in [0.3, 0.4) is 0 Å². The van der Waals surface area contributed by atoms with E-state index in [4.69, 9.17) is 11.6 Å². The second kappa shape index (κ2) is 5.48. The molecule has 6 heteroatoms. The lowest BCUT2D eigenvalue weighted by molar-refractivity contribution is -0.0498. The number of aryl methyl sites for hydroxylation is 2. The summed E-state index contributed by atoms with van der Waals surface area (Å²) in [5.74, 6) is 0.107. The molecule has 1 heterocycles. The number of hydrogen-bond donors (Lipinski definition) is 0. The molecule has 19 heavy (non-hydrogen) atoms. The molecule has 0 aliphatic rings. The number of nitrogens with zero attached hydrogens (tertiary/aromatic N) is 2. The summed E-state index contributed by atoms with van der Waals surface area (Å²) in [6, 6.07) is 6.24. The first-order valence-corrected chi connectivity index (χ1v) is 5.91. The second-order valence-corrected chi connectivity index (χ2v) is 4.29. The molecular formula is C13H11ClF2N2O. The SMILES string of the molecule is Cc1nc(-c2ccc(OC(F)F)cc2)c(C)nc1Cl. The maximum absolute atomic E-state index is 12.0. The lowest BCUT2D eigenvalue weighted by Gasteiger charge is -2.08. The van der Waals surface area contributed by atoms with Gasteiger partial charge in [0, 0.05) is 5.56 Å². The molecule has 100 valence electrons. The molecule has 2 aromatic rings. The van der Waals surface area contributed by atoms with E-state index in [-0.39, 0.29) is 5.75 Å². The van der Waals surface area contributed by atoms with E-state index in [0.29, 0.717) is 22.2 Å². The summed E-state index contributed by atoms with van der Waals surface area (Å²) in [6.45, 7) is 0.717. The van der Waals surface area contributed by atoms with Gasteiger partial charge in [-0.2, -0.15) is 8.78 Å². The van der Waals surface area contributed by atoms with Crippen molar-refractivity contribution in [2.45, 2.75) is 20.5 Å². The third-order valence-corrected chi connectivity index (χ3v) is 2.90. The van der Waals surface area contributed by atoms with Gasteiger partial charge in [-0.05, 0) is 38.1 Å². The van der Waals surface area contributed by atoms with E-state index in [2.05, 4.69) is 14.7 Å². The van der Waals surface area contributed by atoms with Gasteiger partial charge in [0.05, 0.1) is 17.1 Å². The lowest BCUT2D eigenvalue weighted by atomic mass is 10.1. The molecule has 0 saturated heterocycles. The summed E-state index contributed by atoms with van der Waals surface area (Å²) >= 11 is 5.88. The molecule has 0 fully saturated rings. The Bertz CT molecular complexity index is 588. The summed E-state index contributed by atoms with van der Waals surface area (Å²) < 4.78 is 28.4. The molecule has 0 aliphatic heterocycles. The highest BCUT2D eigenvalue weighted by molar-refractivity contribution is 6.30. The Hall–Kier alpha value is -1.75. The first-order chi connectivity index (χ1) is 8.97. The van der Waals surface area contributed by atoms with Crippen LogP contribution in [0.2, 0.25) is 5.15 Å². The highest BCUT2D eigenvalue weighted by atomic mass is 35.5. The molecule has 0 bridgehead atoms. The van der Waals surface area contributed by atoms with Crippen LogP contribution in [0.25, 0.3) is 11.3 Å². The van der Waals surface area contributed by atoms with E-state index < -0.39 is 6.61 Å². The predicted octanol–water partition coefficient (Wildman–Crippen LogP) is 4.02. The summed E-state index contributed by atoms with van der Waals surface area (Å²) in [5.41, 5.74) is 2.74. The van der Waals surface area contributed by atoms with Crippen molar-refractivity contribution in [3.05, 3.63) is 40.8 Å². The molecule has 2 rings (SSSR count). The molecule has 0 saturated carbocycles. The van der Waals surface area contributed by atoms with Crippen LogP contribution >= 0.6 is 11.6 Å². The van der Waals surface area contributed by atoms with Gasteiger partial charge >= 0.3 is 6.61 Å². The zero-order valence-corrected chi connectivity index (χ0v) is 11.1. The summed E-state index contributed by atoms with van der Waals surface area (Å²) in [6.07, 6.45) is 0. The first-order valence-electron chi connectivity index (χ1n) is 5.53. The third-order valence-electron chi connectivity index (χ3n) is 2.54. The highest BCUT2D eigenvalue weighted by Crippen LogP contribution is 2.25. The zero-order valence-electron chi connectivity index (χ0n) is 10.3. The Kier molecular flexibility index (Phi) is 3.95. The first kappa shape index (κ1) is 13.7. The molecule has 0 atom stereocenters. The Morgan fingerprint density at radius 3 is 2.26 bits per heavy atom. The topological polar surface area (TPSA) is 35.0 Å². The van der Waals surface area contributed by atoms with Gasteiger partial charge in [-0.25, -0.2) is 9.97 Å². The molecular weight excluding hydrogens is 274 g/mol. The molecule has 1 aromatic carbocycles. The summed E-state index contributed by atoms with van der Waals surface area (Å²) in [5, 5.41) is 0.360. The van der Waals surface area contributed by atoms with Crippen LogP contribution in [0.4, 0.5) is 8.78 Å². The molecule has 0 N–H and O–H groups in total. The van der Waals surface area contributed by atoms with Crippen molar-refractivity contribution in [3.8, 4) is 17.0 Å². The van der Waals surface area contributed by atoms with E-state index in [1.54, 1.807) is 26.0 Å². The van der Waals surface area contributed by atoms with Crippen molar-refractivity contribution < 1.29 is 13.5 Å². The number of alkyl halides is 2. The number of ether oxygens (including phenoxy) is 1. The maximum Gasteiger partial charge on any atom is 0.387 e. The monoisotopic (exact) mass is 284 g/mol. The third kappa shape index (κ3) is 3.17. The van der Waals surface area contributed by atoms with Crippen LogP contribution in [0.1, 0.15) is 11.4 Å². The highest BCUT2D eigenvalue weighted by Gasteiger charge is 2.10. The van der Waals surface area contributed by atoms with Gasteiger partial charge in [0.2, 0.25) is 0 Å². The van der Waals surface area contributed by atoms with Crippen molar-refractivity contribution in [2.24, 2.45) is 0 Å². The number of rotatable bonds is 3. The number of halogens is 3. The second-order valence-electron chi connectivity index (χ2n) is 3.94. The maximum atomic E-state index is 12.0. The largest absolute Gasteiger partial charge is 0.435 e. The quantitative estimate of drug-likeness (QED) is 0.854. The minimum Gasteiger partial charge on any atom is -0.435 e. The van der Waals surface area contributed by atoms with Crippen LogP contribution in [0.15, 0.2) is 24.3 Å². The van der Waals surface area contributed by atoms with E-state index in [1.807, 2.05) is 0 Å². The standard InChI is InChI=1S/C13H11ClF2N2O/c1-7-11(17-8(2)12(14)18-7)9-3-5-10(6-4-9)19-13(15)16/h3-6,13H,1-2H3. The van der Waals surface area contributed by atoms with Crippen LogP contribution < -0.4 is 4.74 Å². The number of hydrogen-bond acceptors (Lipinski definition) is 3. The van der Waals surface area contributed by atoms with Gasteiger partial charge in [-0.15, -0.1) is 0 Å². The van der Waals surface area contributed by atoms with E-state index >= 15 is 0 Å². The Morgan fingerprint density at radius 2 is 1.68 bits per heavy atom. The summed E-state index contributed by atoms with van der Waals surface area (Å²) in [4.78, 5) is 8.52. The van der Waals surface area contributed by atoms with Crippen molar-refractivity contribution >= 4 is 11.6 Å². The molecule has 3 nitrogen and oxygen atoms in total. The molecule has 0 unspecified atom stereocenters. The van der Waals surface area contributed by atoms with Crippen molar-refractivity contribution in [3.63, 3.8) is 0 Å². The van der Waals surface area contributed by atoms with Crippen molar-refractivity contribution in [1.82, 2.24) is 9.97 Å². The van der Waals surface area contributed by atoms with E-state index in [0.717, 1.165) is 5.56 Å². The van der Waals surface area contributed by atoms with Crippen molar-refractivity contribution in [2.75, 3.05) is 0 Å². The fourth-order valence-electron chi connectivity index (χ4n) is 1.64. The van der Waals surface area contributed by atoms with Crippen LogP contribution in [-0.2, 0) is 0 Å². The van der Waals surface area contributed by atoms with Gasteiger partial charge in [-0.3, -0.25) is 0 Å². The van der Waals surface area contributed by atoms with Crippen LogP contribution in [-0.4, -0.2) is 16.6 Å². The minimum atomic E-state index is -2.83. The average molecular weight is 285 g/mol. The van der Waals surface area contributed by atoms with Gasteiger partial charge < -0.3 is 4.74 Å². The van der Waals surface area contributed by atoms with Gasteiger partial charge in [0.15, 0.2) is 5.15 Å². The van der Waals surface area contributed by atoms with Crippen LogP contribution in [0.5, 0.6) is 5.75 Å². The molecule has 1 aromatic heterocycles. The van der Waals surface area contributed by atoms with Crippen LogP contribution in [0, 0.1) is 13.8 Å². The van der Waals surface area contributed by atoms with Gasteiger partial charge in [0.25, 0.3) is 0 Å². The molecule has 0 spiro atoms. The fourth-order valence-corrected chi connectivity index (χ4v) is 1.81. The zero-order chi connectivity index (χ0) is 14.0. The fraction of sp³-hybridized carbons (Fsp3) is 0.231. The Morgan fingerprint density at radius 1 is 1.05 bits per heavy atom. The molecule has 0 aliphatic carbocycles. The van der Waals surface area contributed by atoms with Gasteiger partial charge in [0.1, 0.15) is 5.75 Å². The predicted molar refractivity (Wildman–Crippen MR) is 68.6 cm³/mol. The van der Waals surface area contributed by atoms with Crippen molar-refractivity contribution in [1.29, 1.82) is 0 Å². The number of aromatic nitrogens is 2. The Labute approximate surface area is 114 Å². The van der Waals surface area contributed by atoms with E-state index in [9.17, 15) is 8.78 Å². The molecule has 0 radical (unpaired) electrons. The molecule has 0 amide bonds. The summed E-state index contributed by atoms with van der Waals surface area (Å²) in [7, 11) is 0. The minimum absolute atomic E-state index is 0.107. The Balaban J connectivity index is 2.34. The number of benzene rings is 1. The van der Waals surface area contributed by atoms with Gasteiger partial charge in [-0.1, -0.05) is 11.6 Å². The van der Waals surface area contributed by atoms with E-state index in [1.165, 1.54) is 12.1 Å². The lowest BCUT2D eigenvalue weighted by Crippen LogP contribution is -2.01. The smallest absolute Gasteiger partial charge is 0.387 e.